The third kappa shape index (κ3) is 4.58. The van der Waals surface area contributed by atoms with Crippen molar-refractivity contribution in [2.75, 3.05) is 25.1 Å². The van der Waals surface area contributed by atoms with Crippen molar-refractivity contribution in [3.8, 4) is 5.75 Å². The van der Waals surface area contributed by atoms with Crippen LogP contribution in [0.1, 0.15) is 35.6 Å². The number of thioether (sulfide) groups is 1. The van der Waals surface area contributed by atoms with Crippen molar-refractivity contribution in [1.82, 2.24) is 9.47 Å². The summed E-state index contributed by atoms with van der Waals surface area (Å²) in [7, 11) is 1.58. The molecule has 0 spiro atoms. The first-order valence-corrected chi connectivity index (χ1v) is 14.9. The average Bonchev–Trinajstić information content (AvgIpc) is 3.40. The molecule has 2 unspecified atom stereocenters. The van der Waals surface area contributed by atoms with Crippen LogP contribution in [0.3, 0.4) is 0 Å². The Hall–Kier alpha value is -3.08. The number of hydrogen-bond donors (Lipinski definition) is 0. The summed E-state index contributed by atoms with van der Waals surface area (Å²) in [6, 6.07) is 14.0. The SMILES string of the molecule is COc1ccc([C@H]2c3sc(=O)n(CC(=O)N4CCCCC4)c3SC3C(=O)N(c4ccc(Cl)cc4)C(=O)C32)cc1. The lowest BCUT2D eigenvalue weighted by atomic mass is 9.83. The van der Waals surface area contributed by atoms with Crippen molar-refractivity contribution in [3.63, 3.8) is 0 Å². The third-order valence-corrected chi connectivity index (χ3v) is 10.5. The summed E-state index contributed by atoms with van der Waals surface area (Å²) >= 11 is 8.33. The number of piperidine rings is 1. The predicted octanol–water partition coefficient (Wildman–Crippen LogP) is 4.38. The first-order valence-electron chi connectivity index (χ1n) is 12.8. The van der Waals surface area contributed by atoms with E-state index in [1.807, 2.05) is 29.2 Å². The van der Waals surface area contributed by atoms with Crippen molar-refractivity contribution >= 4 is 58.1 Å². The van der Waals surface area contributed by atoms with Gasteiger partial charge < -0.3 is 9.64 Å². The van der Waals surface area contributed by atoms with Crippen LogP contribution in [0.2, 0.25) is 5.02 Å². The van der Waals surface area contributed by atoms with Gasteiger partial charge in [0.15, 0.2) is 0 Å². The first kappa shape index (κ1) is 26.2. The quantitative estimate of drug-likeness (QED) is 0.414. The molecule has 3 atom stereocenters. The third-order valence-electron chi connectivity index (χ3n) is 7.61. The molecule has 3 aliphatic rings. The number of likely N-dealkylation sites (tertiary alicyclic amines) is 1. The Morgan fingerprint density at radius 3 is 2.33 bits per heavy atom. The molecule has 6 rings (SSSR count). The van der Waals surface area contributed by atoms with Crippen LogP contribution in [0.15, 0.2) is 58.4 Å². The fourth-order valence-corrected chi connectivity index (χ4v) is 8.55. The average molecular weight is 584 g/mol. The number of halogens is 1. The van der Waals surface area contributed by atoms with E-state index in [1.165, 1.54) is 21.2 Å². The molecule has 8 nitrogen and oxygen atoms in total. The van der Waals surface area contributed by atoms with E-state index in [2.05, 4.69) is 0 Å². The minimum Gasteiger partial charge on any atom is -0.497 e. The summed E-state index contributed by atoms with van der Waals surface area (Å²) in [6.45, 7) is 1.30. The zero-order valence-corrected chi connectivity index (χ0v) is 23.6. The fourth-order valence-electron chi connectivity index (χ4n) is 5.65. The number of carbonyl (C=O) groups is 3. The molecular weight excluding hydrogens is 558 g/mol. The number of anilines is 1. The molecule has 3 aliphatic heterocycles. The van der Waals surface area contributed by atoms with Crippen LogP contribution in [0.4, 0.5) is 5.69 Å². The second kappa shape index (κ2) is 10.5. The van der Waals surface area contributed by atoms with E-state index >= 15 is 0 Å². The Morgan fingerprint density at radius 2 is 1.67 bits per heavy atom. The Bertz CT molecular complexity index is 1490. The molecule has 0 radical (unpaired) electrons. The van der Waals surface area contributed by atoms with Crippen LogP contribution in [-0.4, -0.2) is 52.6 Å². The first-order chi connectivity index (χ1) is 18.9. The summed E-state index contributed by atoms with van der Waals surface area (Å²) in [6.07, 6.45) is 3.01. The second-order valence-corrected chi connectivity index (χ2v) is 12.4. The largest absolute Gasteiger partial charge is 0.497 e. The molecule has 0 N–H and O–H groups in total. The van der Waals surface area contributed by atoms with Crippen molar-refractivity contribution in [3.05, 3.63) is 73.7 Å². The van der Waals surface area contributed by atoms with E-state index in [0.29, 0.717) is 39.5 Å². The summed E-state index contributed by atoms with van der Waals surface area (Å²) in [4.78, 5) is 57.6. The van der Waals surface area contributed by atoms with Gasteiger partial charge in [0.25, 0.3) is 0 Å². The number of amides is 3. The molecule has 202 valence electrons. The summed E-state index contributed by atoms with van der Waals surface area (Å²) in [5.74, 6) is -1.32. The highest BCUT2D eigenvalue weighted by atomic mass is 35.5. The number of rotatable bonds is 5. The van der Waals surface area contributed by atoms with Crippen LogP contribution in [0.5, 0.6) is 5.75 Å². The van der Waals surface area contributed by atoms with Gasteiger partial charge in [-0.15, -0.1) is 0 Å². The summed E-state index contributed by atoms with van der Waals surface area (Å²) < 4.78 is 6.82. The number of thiazole rings is 1. The highest BCUT2D eigenvalue weighted by molar-refractivity contribution is 8.00. The maximum absolute atomic E-state index is 13.9. The maximum atomic E-state index is 13.9. The Morgan fingerprint density at radius 1 is 0.974 bits per heavy atom. The number of carbonyl (C=O) groups excluding carboxylic acids is 3. The topological polar surface area (TPSA) is 88.9 Å². The van der Waals surface area contributed by atoms with Gasteiger partial charge in [-0.1, -0.05) is 46.8 Å². The molecule has 1 aromatic heterocycles. The van der Waals surface area contributed by atoms with E-state index in [4.69, 9.17) is 16.3 Å². The van der Waals surface area contributed by atoms with Crippen LogP contribution in [0, 0.1) is 5.92 Å². The molecule has 0 bridgehead atoms. The monoisotopic (exact) mass is 583 g/mol. The molecule has 0 saturated carbocycles. The molecule has 39 heavy (non-hydrogen) atoms. The van der Waals surface area contributed by atoms with Crippen LogP contribution >= 0.6 is 34.7 Å². The molecule has 2 fully saturated rings. The Labute approximate surface area is 238 Å². The minimum absolute atomic E-state index is 0.0760. The Kier molecular flexibility index (Phi) is 7.03. The Balaban J connectivity index is 1.43. The van der Waals surface area contributed by atoms with E-state index in [-0.39, 0.29) is 29.1 Å². The van der Waals surface area contributed by atoms with Gasteiger partial charge in [-0.2, -0.15) is 0 Å². The lowest BCUT2D eigenvalue weighted by Crippen LogP contribution is -2.39. The number of imide groups is 1. The van der Waals surface area contributed by atoms with E-state index in [0.717, 1.165) is 36.2 Å². The molecule has 3 aromatic rings. The van der Waals surface area contributed by atoms with Gasteiger partial charge in [0.2, 0.25) is 17.7 Å². The number of hydrogen-bond acceptors (Lipinski definition) is 7. The highest BCUT2D eigenvalue weighted by Crippen LogP contribution is 2.54. The van der Waals surface area contributed by atoms with Crippen molar-refractivity contribution in [2.45, 2.75) is 42.0 Å². The molecule has 11 heteroatoms. The van der Waals surface area contributed by atoms with Gasteiger partial charge in [0, 0.05) is 28.9 Å². The highest BCUT2D eigenvalue weighted by Gasteiger charge is 2.56. The zero-order valence-electron chi connectivity index (χ0n) is 21.2. The zero-order chi connectivity index (χ0) is 27.3. The van der Waals surface area contributed by atoms with Gasteiger partial charge in [0.05, 0.1) is 23.7 Å². The molecule has 3 amide bonds. The van der Waals surface area contributed by atoms with Crippen LogP contribution in [0.25, 0.3) is 0 Å². The van der Waals surface area contributed by atoms with Crippen LogP contribution in [-0.2, 0) is 20.9 Å². The lowest BCUT2D eigenvalue weighted by Gasteiger charge is -2.31. The molecule has 2 saturated heterocycles. The van der Waals surface area contributed by atoms with Gasteiger partial charge in [-0.05, 0) is 61.2 Å². The maximum Gasteiger partial charge on any atom is 0.308 e. The number of ether oxygens (including phenoxy) is 1. The van der Waals surface area contributed by atoms with Gasteiger partial charge >= 0.3 is 4.87 Å². The van der Waals surface area contributed by atoms with E-state index in [9.17, 15) is 19.2 Å². The molecule has 0 aliphatic carbocycles. The number of fused-ring (bicyclic) bond motifs is 2. The van der Waals surface area contributed by atoms with Gasteiger partial charge in [-0.3, -0.25) is 23.7 Å². The number of benzene rings is 2. The standard InChI is InChI=1S/C28H26ClN3O5S2/c1-37-19-11-5-16(6-12-19)21-22-23(26(35)32(25(22)34)18-9-7-17(29)8-10-18)38-27-24(21)39-28(36)31(27)15-20(33)30-13-3-2-4-14-30/h5-12,21-23H,2-4,13-15H2,1H3/t21-,22?,23?/m1/s1. The summed E-state index contributed by atoms with van der Waals surface area (Å²) in [5, 5.41) is 0.361. The molecule has 2 aromatic carbocycles. The number of nitrogens with zero attached hydrogens (tertiary/aromatic N) is 3. The summed E-state index contributed by atoms with van der Waals surface area (Å²) in [5.41, 5.74) is 1.26. The predicted molar refractivity (Wildman–Crippen MR) is 151 cm³/mol. The number of methoxy groups -OCH3 is 1. The normalized spacial score (nSPS) is 22.6. The molecular formula is C28H26ClN3O5S2. The van der Waals surface area contributed by atoms with Gasteiger partial charge in [-0.25, -0.2) is 4.90 Å². The second-order valence-electron chi connectivity index (χ2n) is 9.87. The lowest BCUT2D eigenvalue weighted by molar-refractivity contribution is -0.133. The van der Waals surface area contributed by atoms with E-state index in [1.54, 1.807) is 31.4 Å². The van der Waals surface area contributed by atoms with Crippen molar-refractivity contribution in [2.24, 2.45) is 5.92 Å². The smallest absolute Gasteiger partial charge is 0.308 e. The minimum atomic E-state index is -0.738. The number of aromatic nitrogens is 1. The molecule has 4 heterocycles. The van der Waals surface area contributed by atoms with Crippen molar-refractivity contribution < 1.29 is 19.1 Å². The van der Waals surface area contributed by atoms with Gasteiger partial charge in [0.1, 0.15) is 17.5 Å². The van der Waals surface area contributed by atoms with Crippen molar-refractivity contribution in [1.29, 1.82) is 0 Å². The van der Waals surface area contributed by atoms with Crippen LogP contribution < -0.4 is 14.5 Å². The fraction of sp³-hybridized carbons (Fsp3) is 0.357. The van der Waals surface area contributed by atoms with E-state index < -0.39 is 17.1 Å².